The van der Waals surface area contributed by atoms with Crippen molar-refractivity contribution in [2.45, 2.75) is 17.3 Å². The minimum atomic E-state index is -0.427. The molecule has 0 saturated carbocycles. The Labute approximate surface area is 142 Å². The van der Waals surface area contributed by atoms with E-state index >= 15 is 0 Å². The Morgan fingerprint density at radius 3 is 2.58 bits per heavy atom. The van der Waals surface area contributed by atoms with Crippen LogP contribution in [0, 0.1) is 5.82 Å². The average Bonchev–Trinajstić information content (AvgIpc) is 3.05. The van der Waals surface area contributed by atoms with Gasteiger partial charge in [0.15, 0.2) is 0 Å². The maximum Gasteiger partial charge on any atom is 0.237 e. The molecule has 0 fully saturated rings. The van der Waals surface area contributed by atoms with Gasteiger partial charge in [-0.1, -0.05) is 30.0 Å². The molecule has 0 bridgehead atoms. The van der Waals surface area contributed by atoms with Crippen LogP contribution in [0.2, 0.25) is 0 Å². The van der Waals surface area contributed by atoms with E-state index in [1.807, 2.05) is 30.3 Å². The van der Waals surface area contributed by atoms with Crippen LogP contribution in [0.4, 0.5) is 10.1 Å². The van der Waals surface area contributed by atoms with Gasteiger partial charge in [0.2, 0.25) is 11.1 Å². The molecule has 122 valence electrons. The Balaban J connectivity index is 1.69. The monoisotopic (exact) mass is 343 g/mol. The minimum absolute atomic E-state index is 0.214. The summed E-state index contributed by atoms with van der Waals surface area (Å²) in [5.41, 5.74) is 1.35. The van der Waals surface area contributed by atoms with Crippen molar-refractivity contribution < 1.29 is 9.18 Å². The normalized spacial score (nSPS) is 11.9. The molecule has 1 atom stereocenters. The molecule has 6 nitrogen and oxygen atoms in total. The molecule has 1 heterocycles. The van der Waals surface area contributed by atoms with E-state index in [9.17, 15) is 9.18 Å². The van der Waals surface area contributed by atoms with Crippen LogP contribution in [0.3, 0.4) is 0 Å². The summed E-state index contributed by atoms with van der Waals surface area (Å²) < 4.78 is 14.5. The van der Waals surface area contributed by atoms with Gasteiger partial charge in [0.05, 0.1) is 10.9 Å². The van der Waals surface area contributed by atoms with Gasteiger partial charge in [-0.05, 0) is 53.7 Å². The van der Waals surface area contributed by atoms with Gasteiger partial charge in [-0.2, -0.15) is 4.68 Å². The first kappa shape index (κ1) is 16.1. The number of amides is 1. The van der Waals surface area contributed by atoms with E-state index in [0.717, 1.165) is 5.69 Å². The maximum absolute atomic E-state index is 12.9. The predicted molar refractivity (Wildman–Crippen MR) is 89.5 cm³/mol. The lowest BCUT2D eigenvalue weighted by atomic mass is 10.3. The second kappa shape index (κ2) is 7.22. The van der Waals surface area contributed by atoms with Crippen LogP contribution >= 0.6 is 11.8 Å². The average molecular weight is 343 g/mol. The third kappa shape index (κ3) is 3.77. The summed E-state index contributed by atoms with van der Waals surface area (Å²) >= 11 is 1.24. The summed E-state index contributed by atoms with van der Waals surface area (Å²) in [5.74, 6) is -0.563. The van der Waals surface area contributed by atoms with Crippen molar-refractivity contribution >= 4 is 23.4 Å². The minimum Gasteiger partial charge on any atom is -0.325 e. The lowest BCUT2D eigenvalue weighted by molar-refractivity contribution is -0.115. The van der Waals surface area contributed by atoms with Crippen molar-refractivity contribution in [1.29, 1.82) is 0 Å². The smallest absolute Gasteiger partial charge is 0.237 e. The van der Waals surface area contributed by atoms with Gasteiger partial charge in [-0.15, -0.1) is 5.10 Å². The van der Waals surface area contributed by atoms with E-state index in [1.165, 1.54) is 36.0 Å². The molecule has 1 N–H and O–H groups in total. The van der Waals surface area contributed by atoms with Gasteiger partial charge < -0.3 is 5.32 Å². The number of thioether (sulfide) groups is 1. The summed E-state index contributed by atoms with van der Waals surface area (Å²) in [6.45, 7) is 1.76. The SMILES string of the molecule is C[C@H](Sc1nnnn1-c1ccccc1)C(=O)Nc1ccc(F)cc1. The van der Waals surface area contributed by atoms with Crippen molar-refractivity contribution in [2.24, 2.45) is 0 Å². The number of aromatic nitrogens is 4. The second-order valence-electron chi connectivity index (χ2n) is 4.97. The number of benzene rings is 2. The maximum atomic E-state index is 12.9. The van der Waals surface area contributed by atoms with Crippen LogP contribution < -0.4 is 5.32 Å². The van der Waals surface area contributed by atoms with Crippen molar-refractivity contribution in [3.8, 4) is 5.69 Å². The molecule has 0 aliphatic heterocycles. The Morgan fingerprint density at radius 2 is 1.88 bits per heavy atom. The quantitative estimate of drug-likeness (QED) is 0.721. The van der Waals surface area contributed by atoms with E-state index in [4.69, 9.17) is 0 Å². The number of anilines is 1. The molecule has 1 aromatic heterocycles. The highest BCUT2D eigenvalue weighted by Crippen LogP contribution is 2.23. The van der Waals surface area contributed by atoms with Crippen molar-refractivity contribution in [1.82, 2.24) is 20.2 Å². The standard InChI is InChI=1S/C16H14FN5OS/c1-11(15(23)18-13-9-7-12(17)8-10-13)24-16-19-20-21-22(16)14-5-3-2-4-6-14/h2-11H,1H3,(H,18,23)/t11-/m0/s1. The van der Waals surface area contributed by atoms with Crippen molar-refractivity contribution in [3.63, 3.8) is 0 Å². The molecular weight excluding hydrogens is 329 g/mol. The summed E-state index contributed by atoms with van der Waals surface area (Å²) in [7, 11) is 0. The number of para-hydroxylation sites is 1. The Morgan fingerprint density at radius 1 is 1.17 bits per heavy atom. The largest absolute Gasteiger partial charge is 0.325 e. The Bertz CT molecular complexity index is 822. The zero-order valence-corrected chi connectivity index (χ0v) is 13.6. The van der Waals surface area contributed by atoms with E-state index in [-0.39, 0.29) is 11.7 Å². The Hall–Kier alpha value is -2.74. The molecule has 2 aromatic carbocycles. The molecule has 3 aromatic rings. The number of carbonyl (C=O) groups is 1. The molecule has 0 aliphatic carbocycles. The van der Waals surface area contributed by atoms with Gasteiger partial charge in [0.1, 0.15) is 5.82 Å². The van der Waals surface area contributed by atoms with Gasteiger partial charge in [-0.3, -0.25) is 4.79 Å². The highest BCUT2D eigenvalue weighted by Gasteiger charge is 2.19. The van der Waals surface area contributed by atoms with E-state index in [0.29, 0.717) is 10.8 Å². The number of nitrogens with zero attached hydrogens (tertiary/aromatic N) is 4. The van der Waals surface area contributed by atoms with Gasteiger partial charge >= 0.3 is 0 Å². The van der Waals surface area contributed by atoms with E-state index < -0.39 is 5.25 Å². The fourth-order valence-electron chi connectivity index (χ4n) is 1.97. The second-order valence-corrected chi connectivity index (χ2v) is 6.27. The first-order valence-corrected chi connectivity index (χ1v) is 8.08. The van der Waals surface area contributed by atoms with E-state index in [2.05, 4.69) is 20.8 Å². The molecule has 1 amide bonds. The van der Waals surface area contributed by atoms with Crippen LogP contribution in [0.25, 0.3) is 5.69 Å². The molecular formula is C16H14FN5OS. The lowest BCUT2D eigenvalue weighted by Crippen LogP contribution is -2.22. The molecule has 3 rings (SSSR count). The first-order chi connectivity index (χ1) is 11.6. The summed E-state index contributed by atoms with van der Waals surface area (Å²) in [5, 5.41) is 14.4. The number of carbonyl (C=O) groups excluding carboxylic acids is 1. The van der Waals surface area contributed by atoms with Crippen molar-refractivity contribution in [3.05, 3.63) is 60.4 Å². The molecule has 0 unspecified atom stereocenters. The molecule has 0 saturated heterocycles. The number of halogens is 1. The fourth-order valence-corrected chi connectivity index (χ4v) is 2.78. The van der Waals surface area contributed by atoms with Gasteiger partial charge in [0.25, 0.3) is 0 Å². The zero-order valence-electron chi connectivity index (χ0n) is 12.8. The van der Waals surface area contributed by atoms with Crippen LogP contribution in [0.5, 0.6) is 0 Å². The summed E-state index contributed by atoms with van der Waals surface area (Å²) in [6, 6.07) is 15.0. The van der Waals surface area contributed by atoms with Crippen LogP contribution in [-0.2, 0) is 4.79 Å². The summed E-state index contributed by atoms with van der Waals surface area (Å²) in [4.78, 5) is 12.3. The van der Waals surface area contributed by atoms with Crippen LogP contribution in [0.1, 0.15) is 6.92 Å². The van der Waals surface area contributed by atoms with Crippen LogP contribution in [0.15, 0.2) is 59.8 Å². The molecule has 0 aliphatic rings. The topological polar surface area (TPSA) is 72.7 Å². The van der Waals surface area contributed by atoms with Crippen molar-refractivity contribution in [2.75, 3.05) is 5.32 Å². The molecule has 24 heavy (non-hydrogen) atoms. The molecule has 8 heteroatoms. The number of hydrogen-bond acceptors (Lipinski definition) is 5. The molecule has 0 radical (unpaired) electrons. The highest BCUT2D eigenvalue weighted by atomic mass is 32.2. The van der Waals surface area contributed by atoms with Gasteiger partial charge in [0, 0.05) is 5.69 Å². The lowest BCUT2D eigenvalue weighted by Gasteiger charge is -2.11. The zero-order chi connectivity index (χ0) is 16.9. The number of hydrogen-bond donors (Lipinski definition) is 1. The predicted octanol–water partition coefficient (Wildman–Crippen LogP) is 2.92. The third-order valence-corrected chi connectivity index (χ3v) is 4.24. The Kier molecular flexibility index (Phi) is 4.85. The van der Waals surface area contributed by atoms with Gasteiger partial charge in [-0.25, -0.2) is 4.39 Å². The summed E-state index contributed by atoms with van der Waals surface area (Å²) in [6.07, 6.45) is 0. The number of rotatable bonds is 5. The van der Waals surface area contributed by atoms with Crippen LogP contribution in [-0.4, -0.2) is 31.4 Å². The molecule has 0 spiro atoms. The highest BCUT2D eigenvalue weighted by molar-refractivity contribution is 8.00. The fraction of sp³-hybridized carbons (Fsp3) is 0.125. The first-order valence-electron chi connectivity index (χ1n) is 7.20. The third-order valence-electron chi connectivity index (χ3n) is 3.20. The van der Waals surface area contributed by atoms with E-state index in [1.54, 1.807) is 11.6 Å². The number of tetrazole rings is 1. The number of nitrogens with one attached hydrogen (secondary N) is 1.